The predicted molar refractivity (Wildman–Crippen MR) is 163 cm³/mol. The highest BCUT2D eigenvalue weighted by Gasteiger charge is 2.48. The first-order chi connectivity index (χ1) is 22.6. The molecule has 3 aliphatic rings. The molecular formula is C30H35F7N8O3. The summed E-state index contributed by atoms with van der Waals surface area (Å²) in [5.41, 5.74) is 0.645. The topological polar surface area (TPSA) is 106 Å². The molecule has 1 aromatic heterocycles. The van der Waals surface area contributed by atoms with Crippen molar-refractivity contribution in [2.24, 2.45) is 0 Å². The molecule has 3 heterocycles. The summed E-state index contributed by atoms with van der Waals surface area (Å²) in [7, 11) is 1.93. The average molecular weight is 689 g/mol. The Morgan fingerprint density at radius 2 is 1.79 bits per heavy atom. The summed E-state index contributed by atoms with van der Waals surface area (Å²) in [4.78, 5) is 40.0. The number of rotatable bonds is 9. The maximum Gasteiger partial charge on any atom is 0.408 e. The standard InChI is InChI=1S/C30H35F7N8O3/c1-4-24(46)39-20-13-21(23(48-26(31)32)14-22(20)43-11-9-42(3)10-12-43)40-27-38-15-18-16-44(17(2)30(35,36)37)28(47)45(25(18)41-27)19-5-7-29(33,34)8-6-19/h4,13-15,17,19,26H,1,5-12,16H2,2-3H3,(H,39,46)(H,38,40,41)/t17-/m0/s1. The predicted octanol–water partition coefficient (Wildman–Crippen LogP) is 5.97. The Morgan fingerprint density at radius 3 is 2.40 bits per heavy atom. The maximum atomic E-state index is 14.0. The lowest BCUT2D eigenvalue weighted by atomic mass is 9.90. The number of fused-ring (bicyclic) bond motifs is 1. The Kier molecular flexibility index (Phi) is 9.94. The van der Waals surface area contributed by atoms with Crippen molar-refractivity contribution in [1.29, 1.82) is 0 Å². The van der Waals surface area contributed by atoms with Gasteiger partial charge in [-0.05, 0) is 39.0 Å². The molecule has 1 aromatic carbocycles. The highest BCUT2D eigenvalue weighted by atomic mass is 19.4. The van der Waals surface area contributed by atoms with Gasteiger partial charge in [0.25, 0.3) is 0 Å². The first kappa shape index (κ1) is 35.0. The number of hydrogen-bond acceptors (Lipinski definition) is 8. The minimum atomic E-state index is -4.77. The highest BCUT2D eigenvalue weighted by molar-refractivity contribution is 6.02. The summed E-state index contributed by atoms with van der Waals surface area (Å²) in [6, 6.07) is -1.47. The molecule has 1 saturated carbocycles. The zero-order chi connectivity index (χ0) is 35.0. The normalized spacial score (nSPS) is 19.6. The van der Waals surface area contributed by atoms with Gasteiger partial charge >= 0.3 is 18.8 Å². The summed E-state index contributed by atoms with van der Waals surface area (Å²) < 4.78 is 101. The number of urea groups is 1. The van der Waals surface area contributed by atoms with E-state index in [-0.39, 0.29) is 47.3 Å². The lowest BCUT2D eigenvalue weighted by molar-refractivity contribution is -0.172. The second kappa shape index (κ2) is 13.6. The number of amides is 3. The number of piperazine rings is 1. The molecule has 11 nitrogen and oxygen atoms in total. The molecule has 48 heavy (non-hydrogen) atoms. The Hall–Kier alpha value is -4.35. The maximum absolute atomic E-state index is 14.0. The van der Waals surface area contributed by atoms with Crippen LogP contribution in [0.1, 0.15) is 38.2 Å². The van der Waals surface area contributed by atoms with Crippen LogP contribution in [0.15, 0.2) is 31.0 Å². The van der Waals surface area contributed by atoms with E-state index < -0.39 is 62.1 Å². The molecular weight excluding hydrogens is 653 g/mol. The second-order valence-electron chi connectivity index (χ2n) is 12.0. The quantitative estimate of drug-likeness (QED) is 0.246. The van der Waals surface area contributed by atoms with E-state index in [1.54, 1.807) is 0 Å². The number of aromatic nitrogens is 2. The van der Waals surface area contributed by atoms with Crippen molar-refractivity contribution in [2.75, 3.05) is 53.7 Å². The number of nitrogens with one attached hydrogen (secondary N) is 2. The molecule has 1 aliphatic carbocycles. The van der Waals surface area contributed by atoms with Crippen LogP contribution in [0.3, 0.4) is 0 Å². The van der Waals surface area contributed by atoms with E-state index >= 15 is 0 Å². The van der Waals surface area contributed by atoms with Crippen LogP contribution in [-0.4, -0.2) is 95.7 Å². The molecule has 0 radical (unpaired) electrons. The van der Waals surface area contributed by atoms with E-state index in [0.29, 0.717) is 36.8 Å². The molecule has 262 valence electrons. The molecule has 2 N–H and O–H groups in total. The number of halogens is 7. The number of hydrogen-bond donors (Lipinski definition) is 2. The first-order valence-corrected chi connectivity index (χ1v) is 15.2. The van der Waals surface area contributed by atoms with E-state index in [4.69, 9.17) is 4.74 Å². The fourth-order valence-corrected chi connectivity index (χ4v) is 5.92. The van der Waals surface area contributed by atoms with Crippen LogP contribution in [0.2, 0.25) is 0 Å². The average Bonchev–Trinajstić information content (AvgIpc) is 3.01. The lowest BCUT2D eigenvalue weighted by Crippen LogP contribution is -2.58. The summed E-state index contributed by atoms with van der Waals surface area (Å²) in [5, 5.41) is 5.44. The monoisotopic (exact) mass is 688 g/mol. The summed E-state index contributed by atoms with van der Waals surface area (Å²) >= 11 is 0. The summed E-state index contributed by atoms with van der Waals surface area (Å²) in [6.07, 6.45) is -4.07. The number of anilines is 5. The van der Waals surface area contributed by atoms with Crippen molar-refractivity contribution in [3.05, 3.63) is 36.5 Å². The smallest absolute Gasteiger partial charge is 0.408 e. The van der Waals surface area contributed by atoms with Gasteiger partial charge in [0.1, 0.15) is 11.9 Å². The van der Waals surface area contributed by atoms with Crippen LogP contribution < -0.4 is 25.2 Å². The van der Waals surface area contributed by atoms with Crippen molar-refractivity contribution in [3.8, 4) is 5.75 Å². The molecule has 18 heteroatoms. The number of carbonyl (C=O) groups excluding carboxylic acids is 2. The number of ether oxygens (including phenoxy) is 1. The van der Waals surface area contributed by atoms with Crippen LogP contribution in [0, 0.1) is 0 Å². The molecule has 2 aromatic rings. The van der Waals surface area contributed by atoms with Gasteiger partial charge in [0, 0.05) is 62.9 Å². The fraction of sp³-hybridized carbons (Fsp3) is 0.533. The van der Waals surface area contributed by atoms with Crippen molar-refractivity contribution >= 4 is 40.8 Å². The van der Waals surface area contributed by atoms with Gasteiger partial charge in [-0.15, -0.1) is 0 Å². The van der Waals surface area contributed by atoms with E-state index in [2.05, 4.69) is 32.1 Å². The molecule has 1 saturated heterocycles. The van der Waals surface area contributed by atoms with Crippen molar-refractivity contribution in [1.82, 2.24) is 19.8 Å². The molecule has 0 bridgehead atoms. The van der Waals surface area contributed by atoms with Crippen LogP contribution in [-0.2, 0) is 11.3 Å². The molecule has 1 atom stereocenters. The Labute approximate surface area is 271 Å². The zero-order valence-corrected chi connectivity index (χ0v) is 26.2. The number of likely N-dealkylation sites (N-methyl/N-ethyl adjacent to an activating group) is 1. The van der Waals surface area contributed by atoms with Gasteiger partial charge in [-0.3, -0.25) is 9.69 Å². The Bertz CT molecular complexity index is 1520. The van der Waals surface area contributed by atoms with E-state index in [1.807, 2.05) is 11.9 Å². The Morgan fingerprint density at radius 1 is 1.12 bits per heavy atom. The van der Waals surface area contributed by atoms with Crippen LogP contribution >= 0.6 is 0 Å². The van der Waals surface area contributed by atoms with Gasteiger partial charge in [-0.2, -0.15) is 26.9 Å². The van der Waals surface area contributed by atoms with E-state index in [9.17, 15) is 40.3 Å². The Balaban J connectivity index is 1.54. The fourth-order valence-electron chi connectivity index (χ4n) is 5.92. The SMILES string of the molecule is C=CC(=O)Nc1cc(Nc2ncc3c(n2)N(C2CCC(F)(F)CC2)C(=O)N([C@@H](C)C(F)(F)F)C3)c(OC(F)F)cc1N1CCN(C)CC1. The number of alkyl halides is 7. The second-order valence-corrected chi connectivity index (χ2v) is 12.0. The van der Waals surface area contributed by atoms with Crippen LogP contribution in [0.5, 0.6) is 5.75 Å². The number of benzene rings is 1. The van der Waals surface area contributed by atoms with Gasteiger partial charge in [0.15, 0.2) is 5.75 Å². The van der Waals surface area contributed by atoms with Crippen molar-refractivity contribution in [3.63, 3.8) is 0 Å². The third kappa shape index (κ3) is 7.68. The zero-order valence-electron chi connectivity index (χ0n) is 26.2. The minimum absolute atomic E-state index is 0.0936. The lowest BCUT2D eigenvalue weighted by Gasteiger charge is -2.44. The summed E-state index contributed by atoms with van der Waals surface area (Å²) in [6.45, 7) is 2.88. The minimum Gasteiger partial charge on any atom is -0.433 e. The van der Waals surface area contributed by atoms with Crippen LogP contribution in [0.25, 0.3) is 0 Å². The van der Waals surface area contributed by atoms with Crippen LogP contribution in [0.4, 0.5) is 64.4 Å². The number of nitrogens with zero attached hydrogens (tertiary/aromatic N) is 6. The van der Waals surface area contributed by atoms with Crippen molar-refractivity contribution < 1.29 is 45.1 Å². The van der Waals surface area contributed by atoms with E-state index in [1.165, 1.54) is 18.3 Å². The molecule has 0 unspecified atom stereocenters. The highest BCUT2D eigenvalue weighted by Crippen LogP contribution is 2.42. The molecule has 5 rings (SSSR count). The number of carbonyl (C=O) groups is 2. The van der Waals surface area contributed by atoms with Gasteiger partial charge in [-0.1, -0.05) is 6.58 Å². The van der Waals surface area contributed by atoms with E-state index in [0.717, 1.165) is 17.9 Å². The third-order valence-electron chi connectivity index (χ3n) is 8.70. The third-order valence-corrected chi connectivity index (χ3v) is 8.70. The molecule has 2 fully saturated rings. The molecule has 3 amide bonds. The molecule has 0 spiro atoms. The largest absolute Gasteiger partial charge is 0.433 e. The van der Waals surface area contributed by atoms with Gasteiger partial charge in [0.05, 0.1) is 23.6 Å². The molecule has 2 aliphatic heterocycles. The van der Waals surface area contributed by atoms with Gasteiger partial charge in [-0.25, -0.2) is 18.6 Å². The summed E-state index contributed by atoms with van der Waals surface area (Å²) in [5.74, 6) is -4.23. The van der Waals surface area contributed by atoms with Gasteiger partial charge < -0.3 is 30.1 Å². The van der Waals surface area contributed by atoms with Crippen molar-refractivity contribution in [2.45, 2.75) is 69.9 Å². The first-order valence-electron chi connectivity index (χ1n) is 15.2. The van der Waals surface area contributed by atoms with Gasteiger partial charge in [0.2, 0.25) is 17.8 Å².